The van der Waals surface area contributed by atoms with Gasteiger partial charge < -0.3 is 5.11 Å². The van der Waals surface area contributed by atoms with Crippen LogP contribution in [0, 0.1) is 6.92 Å². The van der Waals surface area contributed by atoms with Crippen LogP contribution in [0.2, 0.25) is 0 Å². The number of unbranched alkanes of at least 4 members (excludes halogenated alkanes) is 2. The van der Waals surface area contributed by atoms with Crippen LogP contribution in [0.4, 0.5) is 5.69 Å². The predicted molar refractivity (Wildman–Crippen MR) is 103 cm³/mol. The fraction of sp³-hybridized carbons (Fsp3) is 0.364. The Hall–Kier alpha value is -2.42. The molecule has 0 saturated carbocycles. The van der Waals surface area contributed by atoms with Gasteiger partial charge in [0, 0.05) is 25.0 Å². The second-order valence-corrected chi connectivity index (χ2v) is 7.09. The summed E-state index contributed by atoms with van der Waals surface area (Å²) in [4.78, 5) is 10.7. The maximum atomic E-state index is 10.7. The molecule has 1 N–H and O–H groups in total. The van der Waals surface area contributed by atoms with Crippen LogP contribution in [-0.4, -0.2) is 27.9 Å². The van der Waals surface area contributed by atoms with Crippen LogP contribution in [0.15, 0.2) is 42.0 Å². The number of hydrogen-bond acceptors (Lipinski definition) is 1. The molecule has 0 radical (unpaired) electrons. The lowest BCUT2D eigenvalue weighted by Crippen LogP contribution is -2.14. The molecule has 0 aromatic heterocycles. The number of allylic oxidation sites excluding steroid dienone is 2. The summed E-state index contributed by atoms with van der Waals surface area (Å²) in [7, 11) is 0. The van der Waals surface area contributed by atoms with Crippen molar-refractivity contribution in [1.29, 1.82) is 0 Å². The third kappa shape index (κ3) is 3.51. The van der Waals surface area contributed by atoms with Gasteiger partial charge in [0.15, 0.2) is 0 Å². The van der Waals surface area contributed by atoms with Crippen LogP contribution in [0.25, 0.3) is 10.8 Å². The SMILES string of the molecule is CC(C)=CC1=[N+](CCCCCC(=O)O)c2ccc(C)c3cccc1c23. The van der Waals surface area contributed by atoms with E-state index in [9.17, 15) is 4.79 Å². The van der Waals surface area contributed by atoms with Gasteiger partial charge in [-0.05, 0) is 50.6 Å². The van der Waals surface area contributed by atoms with Gasteiger partial charge in [-0.15, -0.1) is 0 Å². The van der Waals surface area contributed by atoms with Crippen molar-refractivity contribution in [3.05, 3.63) is 53.1 Å². The standard InChI is InChI=1S/C22H25NO2/c1-15(2)14-20-18-9-7-8-17-16(3)11-12-19(22(17)18)23(20)13-6-4-5-10-21(24)25/h7-9,11-12,14H,4-6,10,13H2,1-3H3/p+1. The Balaban J connectivity index is 1.95. The van der Waals surface area contributed by atoms with E-state index in [0.29, 0.717) is 0 Å². The molecule has 2 aromatic rings. The highest BCUT2D eigenvalue weighted by atomic mass is 16.4. The summed E-state index contributed by atoms with van der Waals surface area (Å²) >= 11 is 0. The average Bonchev–Trinajstić information content (AvgIpc) is 2.85. The molecule has 1 aliphatic rings. The molecular weight excluding hydrogens is 310 g/mol. The molecule has 130 valence electrons. The summed E-state index contributed by atoms with van der Waals surface area (Å²) in [5.74, 6) is -0.703. The van der Waals surface area contributed by atoms with Gasteiger partial charge in [-0.25, -0.2) is 0 Å². The summed E-state index contributed by atoms with van der Waals surface area (Å²) in [6, 6.07) is 11.0. The van der Waals surface area contributed by atoms with Crippen molar-refractivity contribution in [2.45, 2.75) is 46.5 Å². The van der Waals surface area contributed by atoms with Gasteiger partial charge in [-0.3, -0.25) is 4.79 Å². The largest absolute Gasteiger partial charge is 0.481 e. The quantitative estimate of drug-likeness (QED) is 0.557. The Morgan fingerprint density at radius 2 is 1.92 bits per heavy atom. The normalized spacial score (nSPS) is 12.8. The molecule has 0 unspecified atom stereocenters. The van der Waals surface area contributed by atoms with Gasteiger partial charge in [0.2, 0.25) is 11.4 Å². The van der Waals surface area contributed by atoms with E-state index in [-0.39, 0.29) is 6.42 Å². The van der Waals surface area contributed by atoms with E-state index in [1.54, 1.807) is 0 Å². The molecular formula is C22H26NO2+. The minimum atomic E-state index is -0.703. The van der Waals surface area contributed by atoms with Crippen molar-refractivity contribution in [2.75, 3.05) is 6.54 Å². The van der Waals surface area contributed by atoms with Gasteiger partial charge in [-0.1, -0.05) is 23.8 Å². The minimum Gasteiger partial charge on any atom is -0.481 e. The zero-order valence-corrected chi connectivity index (χ0v) is 15.3. The predicted octanol–water partition coefficient (Wildman–Crippen LogP) is 5.21. The van der Waals surface area contributed by atoms with E-state index < -0.39 is 5.97 Å². The van der Waals surface area contributed by atoms with E-state index in [2.05, 4.69) is 61.8 Å². The number of aliphatic carboxylic acids is 1. The van der Waals surface area contributed by atoms with Crippen molar-refractivity contribution in [1.82, 2.24) is 0 Å². The zero-order chi connectivity index (χ0) is 18.0. The van der Waals surface area contributed by atoms with Crippen LogP contribution in [0.1, 0.15) is 50.7 Å². The van der Waals surface area contributed by atoms with Crippen LogP contribution in [0.3, 0.4) is 0 Å². The Labute approximate surface area is 149 Å². The van der Waals surface area contributed by atoms with Gasteiger partial charge in [0.05, 0.1) is 10.9 Å². The third-order valence-electron chi connectivity index (χ3n) is 4.79. The Bertz CT molecular complexity index is 886. The monoisotopic (exact) mass is 336 g/mol. The Morgan fingerprint density at radius 3 is 2.64 bits per heavy atom. The second-order valence-electron chi connectivity index (χ2n) is 7.09. The summed E-state index contributed by atoms with van der Waals surface area (Å²) in [6.07, 6.45) is 5.21. The summed E-state index contributed by atoms with van der Waals surface area (Å²) in [5, 5.41) is 11.5. The molecule has 3 nitrogen and oxygen atoms in total. The molecule has 0 spiro atoms. The number of carboxylic acid groups (broad SMARTS) is 1. The smallest absolute Gasteiger partial charge is 0.303 e. The number of carbonyl (C=O) groups is 1. The third-order valence-corrected chi connectivity index (χ3v) is 4.79. The molecule has 1 aliphatic heterocycles. The Kier molecular flexibility index (Phi) is 5.03. The fourth-order valence-corrected chi connectivity index (χ4v) is 3.64. The van der Waals surface area contributed by atoms with E-state index in [4.69, 9.17) is 5.11 Å². The number of carboxylic acids is 1. The molecule has 0 atom stereocenters. The maximum Gasteiger partial charge on any atom is 0.303 e. The molecule has 0 fully saturated rings. The van der Waals surface area contributed by atoms with Gasteiger partial charge in [0.1, 0.15) is 6.54 Å². The van der Waals surface area contributed by atoms with Gasteiger partial charge in [-0.2, -0.15) is 4.58 Å². The van der Waals surface area contributed by atoms with Crippen molar-refractivity contribution in [3.63, 3.8) is 0 Å². The van der Waals surface area contributed by atoms with Crippen molar-refractivity contribution < 1.29 is 14.5 Å². The summed E-state index contributed by atoms with van der Waals surface area (Å²) in [5.41, 5.74) is 6.45. The summed E-state index contributed by atoms with van der Waals surface area (Å²) in [6.45, 7) is 7.35. The number of rotatable bonds is 7. The van der Waals surface area contributed by atoms with Crippen molar-refractivity contribution in [2.24, 2.45) is 0 Å². The fourth-order valence-electron chi connectivity index (χ4n) is 3.64. The number of aryl methyl sites for hydroxylation is 1. The van der Waals surface area contributed by atoms with Crippen LogP contribution < -0.4 is 0 Å². The average molecular weight is 336 g/mol. The van der Waals surface area contributed by atoms with Crippen LogP contribution in [-0.2, 0) is 4.79 Å². The molecule has 0 aliphatic carbocycles. The number of benzene rings is 2. The lowest BCUT2D eigenvalue weighted by atomic mass is 9.98. The van der Waals surface area contributed by atoms with E-state index >= 15 is 0 Å². The van der Waals surface area contributed by atoms with Gasteiger partial charge in [0.25, 0.3) is 0 Å². The molecule has 1 heterocycles. The second kappa shape index (κ2) is 7.22. The maximum absolute atomic E-state index is 10.7. The van der Waals surface area contributed by atoms with Gasteiger partial charge >= 0.3 is 5.97 Å². The van der Waals surface area contributed by atoms with Crippen LogP contribution in [0.5, 0.6) is 0 Å². The van der Waals surface area contributed by atoms with Crippen molar-refractivity contribution >= 4 is 28.1 Å². The molecule has 25 heavy (non-hydrogen) atoms. The molecule has 0 bridgehead atoms. The van der Waals surface area contributed by atoms with E-state index in [0.717, 1.165) is 25.8 Å². The van der Waals surface area contributed by atoms with Crippen molar-refractivity contribution in [3.8, 4) is 0 Å². The minimum absolute atomic E-state index is 0.263. The highest BCUT2D eigenvalue weighted by Crippen LogP contribution is 2.37. The van der Waals surface area contributed by atoms with E-state index in [1.165, 1.54) is 38.9 Å². The first kappa shape index (κ1) is 17.4. The lowest BCUT2D eigenvalue weighted by molar-refractivity contribution is -0.436. The first-order valence-corrected chi connectivity index (χ1v) is 9.03. The molecule has 2 aromatic carbocycles. The first-order chi connectivity index (χ1) is 12.0. The molecule has 3 heteroatoms. The summed E-state index contributed by atoms with van der Waals surface area (Å²) < 4.78 is 2.41. The molecule has 0 amide bonds. The molecule has 0 saturated heterocycles. The highest BCUT2D eigenvalue weighted by molar-refractivity contribution is 6.20. The van der Waals surface area contributed by atoms with E-state index in [1.807, 2.05) is 0 Å². The first-order valence-electron chi connectivity index (χ1n) is 9.03. The Morgan fingerprint density at radius 1 is 1.12 bits per heavy atom. The van der Waals surface area contributed by atoms with Crippen LogP contribution >= 0.6 is 0 Å². The molecule has 3 rings (SSSR count). The number of nitrogens with zero attached hydrogens (tertiary/aromatic N) is 1. The highest BCUT2D eigenvalue weighted by Gasteiger charge is 2.30. The zero-order valence-electron chi connectivity index (χ0n) is 15.3. The number of hydrogen-bond donors (Lipinski definition) is 1. The lowest BCUT2D eigenvalue weighted by Gasteiger charge is -2.04. The topological polar surface area (TPSA) is 40.3 Å².